The van der Waals surface area contributed by atoms with E-state index in [-0.39, 0.29) is 11.8 Å². The number of nitrogens with zero attached hydrogens (tertiary/aromatic N) is 3. The van der Waals surface area contributed by atoms with Crippen molar-refractivity contribution < 1.29 is 9.90 Å². The minimum atomic E-state index is -0.720. The molecule has 0 unspecified atom stereocenters. The van der Waals surface area contributed by atoms with Gasteiger partial charge in [-0.05, 0) is 68.0 Å². The third-order valence-electron chi connectivity index (χ3n) is 6.26. The van der Waals surface area contributed by atoms with Gasteiger partial charge in [0.2, 0.25) is 0 Å². The third kappa shape index (κ3) is 7.88. The summed E-state index contributed by atoms with van der Waals surface area (Å²) in [6.07, 6.45) is 6.73. The Kier molecular flexibility index (Phi) is 9.28. The molecule has 0 radical (unpaired) electrons. The van der Waals surface area contributed by atoms with Crippen LogP contribution in [0.2, 0.25) is 0 Å². The summed E-state index contributed by atoms with van der Waals surface area (Å²) in [5, 5.41) is 21.3. The molecule has 0 bridgehead atoms. The average Bonchev–Trinajstić information content (AvgIpc) is 2.82. The van der Waals surface area contributed by atoms with Crippen molar-refractivity contribution in [3.63, 3.8) is 0 Å². The molecule has 0 saturated carbocycles. The number of azo groups is 1. The fraction of sp³-hybridized carbons (Fsp3) is 0.519. The molecule has 1 saturated heterocycles. The Labute approximate surface area is 198 Å². The van der Waals surface area contributed by atoms with E-state index in [1.165, 1.54) is 30.5 Å². The lowest BCUT2D eigenvalue weighted by Crippen LogP contribution is -2.29. The number of anilines is 2. The lowest BCUT2D eigenvalue weighted by atomic mass is 9.83. The molecular formula is C27H38N4O2. The lowest BCUT2D eigenvalue weighted by Gasteiger charge is -2.28. The van der Waals surface area contributed by atoms with Crippen LogP contribution < -0.4 is 10.2 Å². The highest BCUT2D eigenvalue weighted by molar-refractivity contribution is 5.66. The zero-order valence-corrected chi connectivity index (χ0v) is 20.1. The quantitative estimate of drug-likeness (QED) is 0.275. The summed E-state index contributed by atoms with van der Waals surface area (Å²) < 4.78 is 0. The summed E-state index contributed by atoms with van der Waals surface area (Å²) in [5.74, 6) is -0.720. The Morgan fingerprint density at radius 3 is 2.45 bits per heavy atom. The van der Waals surface area contributed by atoms with Crippen molar-refractivity contribution >= 4 is 23.0 Å². The molecule has 0 atom stereocenters. The summed E-state index contributed by atoms with van der Waals surface area (Å²) in [7, 11) is 0. The summed E-state index contributed by atoms with van der Waals surface area (Å²) in [5.41, 5.74) is 4.33. The molecule has 1 aliphatic rings. The highest BCUT2D eigenvalue weighted by Crippen LogP contribution is 2.31. The second kappa shape index (κ2) is 12.4. The molecule has 1 heterocycles. The Bertz CT molecular complexity index is 903. The summed E-state index contributed by atoms with van der Waals surface area (Å²) in [4.78, 5) is 13.1. The minimum Gasteiger partial charge on any atom is -0.481 e. The molecule has 1 fully saturated rings. The fourth-order valence-electron chi connectivity index (χ4n) is 4.29. The maximum atomic E-state index is 10.6. The number of carbonyl (C=O) groups is 1. The average molecular weight is 451 g/mol. The van der Waals surface area contributed by atoms with Crippen LogP contribution in [0.5, 0.6) is 0 Å². The number of aliphatic carboxylic acids is 1. The number of hydrogen-bond acceptors (Lipinski definition) is 5. The highest BCUT2D eigenvalue weighted by atomic mass is 16.4. The van der Waals surface area contributed by atoms with E-state index in [4.69, 9.17) is 5.11 Å². The number of benzene rings is 2. The number of carboxylic acid groups (broad SMARTS) is 1. The standard InChI is InChI=1S/C27H38N4O2/c1-27(2,24-11-6-7-12-25(24)28-18-8-3-5-13-26(32)33)21-29-30-22-14-16-23(17-15-22)31-19-9-4-10-20-31/h6-7,11-12,14-17,28H,3-5,8-10,13,18-21H2,1-2H3,(H,32,33). The van der Waals surface area contributed by atoms with Gasteiger partial charge in [-0.3, -0.25) is 4.79 Å². The van der Waals surface area contributed by atoms with Crippen molar-refractivity contribution in [2.45, 2.75) is 64.2 Å². The number of rotatable bonds is 12. The normalized spacial score (nSPS) is 14.5. The van der Waals surface area contributed by atoms with Gasteiger partial charge >= 0.3 is 5.97 Å². The highest BCUT2D eigenvalue weighted by Gasteiger charge is 2.23. The number of unbranched alkanes of at least 4 members (excludes halogenated alkanes) is 2. The molecule has 0 aliphatic carbocycles. The first-order valence-electron chi connectivity index (χ1n) is 12.2. The van der Waals surface area contributed by atoms with Gasteiger partial charge in [-0.25, -0.2) is 0 Å². The van der Waals surface area contributed by atoms with E-state index < -0.39 is 5.97 Å². The van der Waals surface area contributed by atoms with E-state index in [2.05, 4.69) is 76.8 Å². The Hall–Kier alpha value is -2.89. The molecular weight excluding hydrogens is 412 g/mol. The zero-order chi connectivity index (χ0) is 23.5. The topological polar surface area (TPSA) is 77.3 Å². The molecule has 2 aromatic carbocycles. The van der Waals surface area contributed by atoms with Gasteiger partial charge in [0.15, 0.2) is 0 Å². The van der Waals surface area contributed by atoms with Gasteiger partial charge in [0, 0.05) is 42.8 Å². The van der Waals surface area contributed by atoms with Gasteiger partial charge in [-0.1, -0.05) is 38.5 Å². The number of carboxylic acids is 1. The van der Waals surface area contributed by atoms with E-state index in [1.807, 2.05) is 6.07 Å². The number of hydrogen-bond donors (Lipinski definition) is 2. The molecule has 2 N–H and O–H groups in total. The zero-order valence-electron chi connectivity index (χ0n) is 20.1. The second-order valence-electron chi connectivity index (χ2n) is 9.52. The molecule has 3 rings (SSSR count). The van der Waals surface area contributed by atoms with Gasteiger partial charge in [-0.15, -0.1) is 0 Å². The van der Waals surface area contributed by atoms with Gasteiger partial charge in [-0.2, -0.15) is 10.2 Å². The van der Waals surface area contributed by atoms with Crippen LogP contribution in [-0.4, -0.2) is 37.3 Å². The number of piperidine rings is 1. The van der Waals surface area contributed by atoms with Crippen LogP contribution in [0.25, 0.3) is 0 Å². The van der Waals surface area contributed by atoms with Crippen LogP contribution in [0.1, 0.15) is 64.4 Å². The molecule has 6 heteroatoms. The predicted octanol–water partition coefficient (Wildman–Crippen LogP) is 6.80. The number of para-hydroxylation sites is 1. The third-order valence-corrected chi connectivity index (χ3v) is 6.26. The van der Waals surface area contributed by atoms with Crippen LogP contribution in [0, 0.1) is 0 Å². The van der Waals surface area contributed by atoms with Crippen LogP contribution in [0.15, 0.2) is 58.8 Å². The van der Waals surface area contributed by atoms with Crippen molar-refractivity contribution in [1.82, 2.24) is 0 Å². The molecule has 6 nitrogen and oxygen atoms in total. The van der Waals surface area contributed by atoms with Crippen LogP contribution >= 0.6 is 0 Å². The minimum absolute atomic E-state index is 0.163. The molecule has 33 heavy (non-hydrogen) atoms. The maximum Gasteiger partial charge on any atom is 0.303 e. The number of nitrogens with one attached hydrogen (secondary N) is 1. The van der Waals surface area contributed by atoms with Crippen LogP contribution in [-0.2, 0) is 10.2 Å². The monoisotopic (exact) mass is 450 g/mol. The van der Waals surface area contributed by atoms with Gasteiger partial charge in [0.05, 0.1) is 12.2 Å². The second-order valence-corrected chi connectivity index (χ2v) is 9.52. The predicted molar refractivity (Wildman–Crippen MR) is 136 cm³/mol. The molecule has 0 aromatic heterocycles. The van der Waals surface area contributed by atoms with Crippen molar-refractivity contribution in [1.29, 1.82) is 0 Å². The van der Waals surface area contributed by atoms with E-state index >= 15 is 0 Å². The smallest absolute Gasteiger partial charge is 0.303 e. The molecule has 2 aromatic rings. The lowest BCUT2D eigenvalue weighted by molar-refractivity contribution is -0.137. The van der Waals surface area contributed by atoms with Crippen molar-refractivity contribution in [2.24, 2.45) is 10.2 Å². The molecule has 1 aliphatic heterocycles. The van der Waals surface area contributed by atoms with Crippen LogP contribution in [0.3, 0.4) is 0 Å². The summed E-state index contributed by atoms with van der Waals surface area (Å²) in [6, 6.07) is 16.8. The van der Waals surface area contributed by atoms with Gasteiger partial charge < -0.3 is 15.3 Å². The first-order valence-corrected chi connectivity index (χ1v) is 12.2. The van der Waals surface area contributed by atoms with E-state index in [9.17, 15) is 4.79 Å². The first-order chi connectivity index (χ1) is 16.0. The summed E-state index contributed by atoms with van der Waals surface area (Å²) in [6.45, 7) is 8.10. The Morgan fingerprint density at radius 2 is 1.73 bits per heavy atom. The van der Waals surface area contributed by atoms with Crippen LogP contribution in [0.4, 0.5) is 17.1 Å². The molecule has 178 valence electrons. The fourth-order valence-corrected chi connectivity index (χ4v) is 4.29. The first kappa shape index (κ1) is 24.7. The molecule has 0 amide bonds. The maximum absolute atomic E-state index is 10.6. The van der Waals surface area contributed by atoms with Crippen molar-refractivity contribution in [3.05, 3.63) is 54.1 Å². The Balaban J connectivity index is 1.53. The van der Waals surface area contributed by atoms with Gasteiger partial charge in [0.1, 0.15) is 0 Å². The van der Waals surface area contributed by atoms with E-state index in [0.717, 1.165) is 50.3 Å². The SMILES string of the molecule is CC(C)(CN=Nc1ccc(N2CCCCC2)cc1)c1ccccc1NCCCCCC(=O)O. The van der Waals surface area contributed by atoms with Crippen molar-refractivity contribution in [3.8, 4) is 0 Å². The Morgan fingerprint density at radius 1 is 1.00 bits per heavy atom. The van der Waals surface area contributed by atoms with E-state index in [0.29, 0.717) is 6.54 Å². The molecule has 0 spiro atoms. The van der Waals surface area contributed by atoms with Gasteiger partial charge in [0.25, 0.3) is 0 Å². The van der Waals surface area contributed by atoms with E-state index in [1.54, 1.807) is 0 Å². The summed E-state index contributed by atoms with van der Waals surface area (Å²) >= 11 is 0. The van der Waals surface area contributed by atoms with Crippen molar-refractivity contribution in [2.75, 3.05) is 36.4 Å². The largest absolute Gasteiger partial charge is 0.481 e.